The van der Waals surface area contributed by atoms with Gasteiger partial charge in [0.1, 0.15) is 11.5 Å². The van der Waals surface area contributed by atoms with Crippen molar-refractivity contribution in [2.24, 2.45) is 5.73 Å². The molecule has 88 valence electrons. The molecule has 3 heteroatoms. The van der Waals surface area contributed by atoms with Crippen LogP contribution >= 0.6 is 0 Å². The topological polar surface area (TPSA) is 44.5 Å². The fourth-order valence-corrected chi connectivity index (χ4v) is 2.14. The summed E-state index contributed by atoms with van der Waals surface area (Å²) in [5.41, 5.74) is 6.73. The van der Waals surface area contributed by atoms with Crippen LogP contribution in [0.25, 0.3) is 0 Å². The molecule has 1 fully saturated rings. The van der Waals surface area contributed by atoms with E-state index in [1.54, 1.807) is 7.11 Å². The van der Waals surface area contributed by atoms with Crippen LogP contribution in [-0.2, 0) is 6.54 Å². The number of ether oxygens (including phenoxy) is 2. The maximum absolute atomic E-state index is 5.96. The predicted molar refractivity (Wildman–Crippen MR) is 63.8 cm³/mol. The summed E-state index contributed by atoms with van der Waals surface area (Å²) in [5.74, 6) is 1.74. The van der Waals surface area contributed by atoms with Gasteiger partial charge in [-0.2, -0.15) is 0 Å². The average molecular weight is 221 g/mol. The molecule has 0 bridgehead atoms. The zero-order valence-corrected chi connectivity index (χ0v) is 9.74. The van der Waals surface area contributed by atoms with Crippen molar-refractivity contribution in [1.82, 2.24) is 0 Å². The quantitative estimate of drug-likeness (QED) is 0.849. The first-order valence-electron chi connectivity index (χ1n) is 5.87. The third-order valence-corrected chi connectivity index (χ3v) is 3.08. The molecule has 0 saturated heterocycles. The highest BCUT2D eigenvalue weighted by Crippen LogP contribution is 2.28. The highest BCUT2D eigenvalue weighted by molar-refractivity contribution is 5.40. The largest absolute Gasteiger partial charge is 0.497 e. The lowest BCUT2D eigenvalue weighted by Crippen LogP contribution is -2.13. The van der Waals surface area contributed by atoms with Crippen LogP contribution in [0, 0.1) is 0 Å². The summed E-state index contributed by atoms with van der Waals surface area (Å²) in [7, 11) is 1.66. The molecule has 16 heavy (non-hydrogen) atoms. The molecule has 0 amide bonds. The number of benzene rings is 1. The van der Waals surface area contributed by atoms with Gasteiger partial charge in [-0.25, -0.2) is 0 Å². The number of rotatable bonds is 4. The molecule has 1 saturated carbocycles. The molecule has 2 rings (SSSR count). The van der Waals surface area contributed by atoms with Gasteiger partial charge in [-0.05, 0) is 43.9 Å². The lowest BCUT2D eigenvalue weighted by molar-refractivity contribution is 0.207. The Bertz CT molecular complexity index is 346. The van der Waals surface area contributed by atoms with Crippen molar-refractivity contribution >= 4 is 0 Å². The molecule has 0 radical (unpaired) electrons. The standard InChI is InChI=1S/C13H19NO2/c1-15-12-6-7-13(10(8-12)9-14)16-11-4-2-3-5-11/h6-8,11H,2-5,9,14H2,1H3. The molecule has 1 aliphatic carbocycles. The zero-order chi connectivity index (χ0) is 11.4. The number of hydrogen-bond donors (Lipinski definition) is 1. The summed E-state index contributed by atoms with van der Waals surface area (Å²) in [6, 6.07) is 5.83. The van der Waals surface area contributed by atoms with E-state index in [1.807, 2.05) is 18.2 Å². The fraction of sp³-hybridized carbons (Fsp3) is 0.538. The molecule has 0 aliphatic heterocycles. The maximum atomic E-state index is 5.96. The third-order valence-electron chi connectivity index (χ3n) is 3.08. The summed E-state index contributed by atoms with van der Waals surface area (Å²) in [5, 5.41) is 0. The lowest BCUT2D eigenvalue weighted by Gasteiger charge is -2.16. The minimum atomic E-state index is 0.374. The molecule has 3 nitrogen and oxygen atoms in total. The molecule has 1 aromatic rings. The van der Waals surface area contributed by atoms with Gasteiger partial charge in [-0.3, -0.25) is 0 Å². The van der Waals surface area contributed by atoms with Crippen LogP contribution in [0.5, 0.6) is 11.5 Å². The molecule has 0 aromatic heterocycles. The number of hydrogen-bond acceptors (Lipinski definition) is 3. The van der Waals surface area contributed by atoms with Crippen molar-refractivity contribution in [2.75, 3.05) is 7.11 Å². The Balaban J connectivity index is 2.12. The third kappa shape index (κ3) is 2.47. The Morgan fingerprint density at radius 3 is 2.69 bits per heavy atom. The second kappa shape index (κ2) is 5.21. The number of methoxy groups -OCH3 is 1. The van der Waals surface area contributed by atoms with Gasteiger partial charge in [0, 0.05) is 12.1 Å². The van der Waals surface area contributed by atoms with Crippen molar-refractivity contribution in [3.05, 3.63) is 23.8 Å². The fourth-order valence-electron chi connectivity index (χ4n) is 2.14. The maximum Gasteiger partial charge on any atom is 0.124 e. The Kier molecular flexibility index (Phi) is 3.67. The lowest BCUT2D eigenvalue weighted by atomic mass is 10.2. The van der Waals surface area contributed by atoms with Crippen LogP contribution in [0.3, 0.4) is 0 Å². The van der Waals surface area contributed by atoms with Gasteiger partial charge in [0.25, 0.3) is 0 Å². The Labute approximate surface area is 96.5 Å². The van der Waals surface area contributed by atoms with Crippen LogP contribution in [0.2, 0.25) is 0 Å². The highest BCUT2D eigenvalue weighted by atomic mass is 16.5. The molecule has 2 N–H and O–H groups in total. The monoisotopic (exact) mass is 221 g/mol. The zero-order valence-electron chi connectivity index (χ0n) is 9.74. The molecule has 0 unspecified atom stereocenters. The minimum absolute atomic E-state index is 0.374. The SMILES string of the molecule is COc1ccc(OC2CCCC2)c(CN)c1. The van der Waals surface area contributed by atoms with Crippen molar-refractivity contribution in [2.45, 2.75) is 38.3 Å². The van der Waals surface area contributed by atoms with Crippen LogP contribution < -0.4 is 15.2 Å². The predicted octanol–water partition coefficient (Wildman–Crippen LogP) is 2.48. The first-order chi connectivity index (χ1) is 7.83. The molecule has 0 heterocycles. The molecule has 1 aliphatic rings. The van der Waals surface area contributed by atoms with E-state index < -0.39 is 0 Å². The normalized spacial score (nSPS) is 16.4. The van der Waals surface area contributed by atoms with E-state index >= 15 is 0 Å². The summed E-state index contributed by atoms with van der Waals surface area (Å²) >= 11 is 0. The van der Waals surface area contributed by atoms with Crippen molar-refractivity contribution in [3.8, 4) is 11.5 Å². The summed E-state index contributed by atoms with van der Waals surface area (Å²) in [6.45, 7) is 0.485. The van der Waals surface area contributed by atoms with Crippen LogP contribution in [0.4, 0.5) is 0 Å². The summed E-state index contributed by atoms with van der Waals surface area (Å²) < 4.78 is 11.1. The number of nitrogens with two attached hydrogens (primary N) is 1. The van der Waals surface area contributed by atoms with Gasteiger partial charge < -0.3 is 15.2 Å². The Morgan fingerprint density at radius 2 is 2.06 bits per heavy atom. The van der Waals surface area contributed by atoms with Crippen LogP contribution in [0.15, 0.2) is 18.2 Å². The van der Waals surface area contributed by atoms with E-state index in [-0.39, 0.29) is 0 Å². The van der Waals surface area contributed by atoms with Gasteiger partial charge in [-0.15, -0.1) is 0 Å². The van der Waals surface area contributed by atoms with E-state index in [0.717, 1.165) is 29.9 Å². The minimum Gasteiger partial charge on any atom is -0.497 e. The van der Waals surface area contributed by atoms with Crippen molar-refractivity contribution in [1.29, 1.82) is 0 Å². The van der Waals surface area contributed by atoms with Crippen LogP contribution in [-0.4, -0.2) is 13.2 Å². The Morgan fingerprint density at radius 1 is 1.31 bits per heavy atom. The van der Waals surface area contributed by atoms with Gasteiger partial charge >= 0.3 is 0 Å². The first-order valence-corrected chi connectivity index (χ1v) is 5.87. The molecular formula is C13H19NO2. The second-order valence-electron chi connectivity index (χ2n) is 4.20. The van der Waals surface area contributed by atoms with Crippen molar-refractivity contribution < 1.29 is 9.47 Å². The average Bonchev–Trinajstić information content (AvgIpc) is 2.82. The van der Waals surface area contributed by atoms with Gasteiger partial charge in [0.2, 0.25) is 0 Å². The van der Waals surface area contributed by atoms with Gasteiger partial charge in [-0.1, -0.05) is 0 Å². The molecule has 0 spiro atoms. The van der Waals surface area contributed by atoms with Gasteiger partial charge in [0.15, 0.2) is 0 Å². The first kappa shape index (κ1) is 11.3. The summed E-state index contributed by atoms with van der Waals surface area (Å²) in [4.78, 5) is 0. The van der Waals surface area contributed by atoms with Crippen molar-refractivity contribution in [3.63, 3.8) is 0 Å². The summed E-state index contributed by atoms with van der Waals surface area (Å²) in [6.07, 6.45) is 5.25. The second-order valence-corrected chi connectivity index (χ2v) is 4.20. The van der Waals surface area contributed by atoms with E-state index in [0.29, 0.717) is 12.6 Å². The van der Waals surface area contributed by atoms with E-state index in [2.05, 4.69) is 0 Å². The molecular weight excluding hydrogens is 202 g/mol. The van der Waals surface area contributed by atoms with Gasteiger partial charge in [0.05, 0.1) is 13.2 Å². The highest BCUT2D eigenvalue weighted by Gasteiger charge is 2.17. The van der Waals surface area contributed by atoms with Crippen LogP contribution in [0.1, 0.15) is 31.2 Å². The molecule has 0 atom stereocenters. The van der Waals surface area contributed by atoms with E-state index in [4.69, 9.17) is 15.2 Å². The van der Waals surface area contributed by atoms with E-state index in [1.165, 1.54) is 12.8 Å². The smallest absolute Gasteiger partial charge is 0.124 e. The molecule has 1 aromatic carbocycles. The van der Waals surface area contributed by atoms with E-state index in [9.17, 15) is 0 Å². The Hall–Kier alpha value is -1.22.